The summed E-state index contributed by atoms with van der Waals surface area (Å²) in [5, 5.41) is 3.85. The van der Waals surface area contributed by atoms with E-state index in [0.29, 0.717) is 0 Å². The molecule has 0 N–H and O–H groups in total. The van der Waals surface area contributed by atoms with E-state index in [1.54, 1.807) is 18.5 Å². The molecule has 12 heavy (non-hydrogen) atoms. The first-order valence-corrected chi connectivity index (χ1v) is 3.57. The lowest BCUT2D eigenvalue weighted by molar-refractivity contribution is -0.143. The Balaban J connectivity index is 2.32. The highest BCUT2D eigenvalue weighted by molar-refractivity contribution is 5.69. The monoisotopic (exact) mass is 166 g/mol. The van der Waals surface area contributed by atoms with E-state index in [0.717, 1.165) is 0 Å². The molecule has 0 bridgehead atoms. The van der Waals surface area contributed by atoms with Crippen LogP contribution in [0.3, 0.4) is 0 Å². The van der Waals surface area contributed by atoms with E-state index in [9.17, 15) is 4.79 Å². The van der Waals surface area contributed by atoms with Crippen LogP contribution in [0, 0.1) is 0 Å². The lowest BCUT2D eigenvalue weighted by Crippen LogP contribution is -2.13. The van der Waals surface area contributed by atoms with Crippen molar-refractivity contribution in [3.8, 4) is 0 Å². The molecule has 0 atom stereocenters. The van der Waals surface area contributed by atoms with Gasteiger partial charge in [-0.3, -0.25) is 9.48 Å². The Morgan fingerprint density at radius 2 is 2.58 bits per heavy atom. The van der Waals surface area contributed by atoms with Gasteiger partial charge in [0.1, 0.15) is 13.2 Å². The molecule has 1 rings (SSSR count). The number of hydrogen-bond donors (Lipinski definition) is 0. The van der Waals surface area contributed by atoms with Crippen LogP contribution < -0.4 is 0 Å². The molecule has 0 saturated carbocycles. The molecular formula is C8H10N2O2. The van der Waals surface area contributed by atoms with E-state index in [1.165, 1.54) is 10.8 Å². The molecule has 64 valence electrons. The van der Waals surface area contributed by atoms with Gasteiger partial charge in [-0.05, 0) is 6.07 Å². The average Bonchev–Trinajstić information content (AvgIpc) is 2.53. The molecule has 4 nitrogen and oxygen atoms in total. The van der Waals surface area contributed by atoms with Crippen LogP contribution in [-0.2, 0) is 16.1 Å². The molecule has 0 amide bonds. The summed E-state index contributed by atoms with van der Waals surface area (Å²) in [6.45, 7) is 3.83. The molecule has 0 unspecified atom stereocenters. The molecule has 0 radical (unpaired) electrons. The third kappa shape index (κ3) is 2.57. The number of nitrogens with zero attached hydrogens (tertiary/aromatic N) is 2. The van der Waals surface area contributed by atoms with Crippen LogP contribution in [-0.4, -0.2) is 22.4 Å². The third-order valence-corrected chi connectivity index (χ3v) is 1.21. The van der Waals surface area contributed by atoms with Gasteiger partial charge in [0, 0.05) is 12.4 Å². The molecular weight excluding hydrogens is 156 g/mol. The minimum atomic E-state index is -0.307. The summed E-state index contributed by atoms with van der Waals surface area (Å²) >= 11 is 0. The maximum absolute atomic E-state index is 10.9. The second kappa shape index (κ2) is 4.33. The van der Waals surface area contributed by atoms with Crippen molar-refractivity contribution in [2.45, 2.75) is 6.54 Å². The van der Waals surface area contributed by atoms with Gasteiger partial charge >= 0.3 is 5.97 Å². The average molecular weight is 166 g/mol. The number of carbonyl (C=O) groups excluding carboxylic acids is 1. The van der Waals surface area contributed by atoms with E-state index in [-0.39, 0.29) is 19.1 Å². The van der Waals surface area contributed by atoms with Gasteiger partial charge in [0.2, 0.25) is 0 Å². The van der Waals surface area contributed by atoms with Crippen molar-refractivity contribution in [1.82, 2.24) is 9.78 Å². The highest BCUT2D eigenvalue weighted by Gasteiger charge is 2.01. The highest BCUT2D eigenvalue weighted by atomic mass is 16.5. The van der Waals surface area contributed by atoms with Gasteiger partial charge in [-0.2, -0.15) is 5.10 Å². The fraction of sp³-hybridized carbons (Fsp3) is 0.250. The van der Waals surface area contributed by atoms with E-state index < -0.39 is 0 Å². The van der Waals surface area contributed by atoms with Crippen LogP contribution in [0.15, 0.2) is 31.1 Å². The van der Waals surface area contributed by atoms with Crippen LogP contribution in [0.2, 0.25) is 0 Å². The second-order valence-corrected chi connectivity index (χ2v) is 2.18. The van der Waals surface area contributed by atoms with Crippen molar-refractivity contribution in [2.24, 2.45) is 0 Å². The van der Waals surface area contributed by atoms with E-state index in [4.69, 9.17) is 4.74 Å². The minimum absolute atomic E-state index is 0.154. The molecule has 1 heterocycles. The molecule has 0 aliphatic carbocycles. The number of esters is 1. The van der Waals surface area contributed by atoms with Crippen molar-refractivity contribution in [3.05, 3.63) is 31.1 Å². The Morgan fingerprint density at radius 3 is 3.17 bits per heavy atom. The fourth-order valence-corrected chi connectivity index (χ4v) is 0.724. The Hall–Kier alpha value is -1.58. The zero-order valence-corrected chi connectivity index (χ0v) is 6.64. The van der Waals surface area contributed by atoms with Crippen molar-refractivity contribution >= 4 is 5.97 Å². The topological polar surface area (TPSA) is 44.1 Å². The zero-order chi connectivity index (χ0) is 8.81. The summed E-state index contributed by atoms with van der Waals surface area (Å²) in [6.07, 6.45) is 4.84. The van der Waals surface area contributed by atoms with Crippen molar-refractivity contribution in [3.63, 3.8) is 0 Å². The quantitative estimate of drug-likeness (QED) is 0.486. The maximum atomic E-state index is 10.9. The number of hydrogen-bond acceptors (Lipinski definition) is 3. The summed E-state index contributed by atoms with van der Waals surface area (Å²) in [6, 6.07) is 1.75. The van der Waals surface area contributed by atoms with Gasteiger partial charge in [0.25, 0.3) is 0 Å². The normalized spacial score (nSPS) is 9.33. The minimum Gasteiger partial charge on any atom is -0.460 e. The SMILES string of the molecule is C=CCOC(=O)Cn1cccn1. The van der Waals surface area contributed by atoms with Gasteiger partial charge in [0.15, 0.2) is 0 Å². The van der Waals surface area contributed by atoms with Gasteiger partial charge in [-0.15, -0.1) is 0 Å². The molecule has 0 spiro atoms. The van der Waals surface area contributed by atoms with Gasteiger partial charge in [0.05, 0.1) is 0 Å². The predicted molar refractivity (Wildman–Crippen MR) is 43.4 cm³/mol. The van der Waals surface area contributed by atoms with Gasteiger partial charge in [-0.1, -0.05) is 12.7 Å². The lowest BCUT2D eigenvalue weighted by Gasteiger charge is -2.00. The van der Waals surface area contributed by atoms with Crippen LogP contribution in [0.1, 0.15) is 0 Å². The molecule has 4 heteroatoms. The number of carbonyl (C=O) groups is 1. The summed E-state index contributed by atoms with van der Waals surface area (Å²) < 4.78 is 6.25. The first-order valence-electron chi connectivity index (χ1n) is 3.57. The summed E-state index contributed by atoms with van der Waals surface area (Å²) in [5.74, 6) is -0.307. The third-order valence-electron chi connectivity index (χ3n) is 1.21. The van der Waals surface area contributed by atoms with Crippen LogP contribution in [0.4, 0.5) is 0 Å². The second-order valence-electron chi connectivity index (χ2n) is 2.18. The molecule has 1 aromatic heterocycles. The molecule has 0 aliphatic heterocycles. The molecule has 0 aromatic carbocycles. The van der Waals surface area contributed by atoms with E-state index in [1.807, 2.05) is 0 Å². The standard InChI is InChI=1S/C8H10N2O2/c1-2-6-12-8(11)7-10-5-3-4-9-10/h2-5H,1,6-7H2. The molecule has 0 saturated heterocycles. The van der Waals surface area contributed by atoms with E-state index in [2.05, 4.69) is 11.7 Å². The van der Waals surface area contributed by atoms with Crippen molar-refractivity contribution in [2.75, 3.05) is 6.61 Å². The Kier molecular flexibility index (Phi) is 3.07. The van der Waals surface area contributed by atoms with Gasteiger partial charge < -0.3 is 4.74 Å². The smallest absolute Gasteiger partial charge is 0.328 e. The van der Waals surface area contributed by atoms with Crippen LogP contribution >= 0.6 is 0 Å². The first kappa shape index (κ1) is 8.52. The lowest BCUT2D eigenvalue weighted by atomic mass is 10.6. The highest BCUT2D eigenvalue weighted by Crippen LogP contribution is 1.87. The Bertz CT molecular complexity index is 254. The van der Waals surface area contributed by atoms with Gasteiger partial charge in [-0.25, -0.2) is 0 Å². The van der Waals surface area contributed by atoms with Crippen LogP contribution in [0.25, 0.3) is 0 Å². The van der Waals surface area contributed by atoms with Crippen LogP contribution in [0.5, 0.6) is 0 Å². The Labute approximate surface area is 70.4 Å². The molecule has 0 fully saturated rings. The number of aromatic nitrogens is 2. The molecule has 0 aliphatic rings. The zero-order valence-electron chi connectivity index (χ0n) is 6.64. The van der Waals surface area contributed by atoms with Crippen molar-refractivity contribution < 1.29 is 9.53 Å². The van der Waals surface area contributed by atoms with Crippen molar-refractivity contribution in [1.29, 1.82) is 0 Å². The maximum Gasteiger partial charge on any atom is 0.328 e. The first-order chi connectivity index (χ1) is 5.83. The number of ether oxygens (including phenoxy) is 1. The van der Waals surface area contributed by atoms with E-state index >= 15 is 0 Å². The Morgan fingerprint density at radius 1 is 1.75 bits per heavy atom. The predicted octanol–water partition coefficient (Wildman–Crippen LogP) is 0.612. The fourth-order valence-electron chi connectivity index (χ4n) is 0.724. The molecule has 1 aromatic rings. The summed E-state index contributed by atoms with van der Waals surface area (Å²) in [7, 11) is 0. The summed E-state index contributed by atoms with van der Waals surface area (Å²) in [5.41, 5.74) is 0. The number of rotatable bonds is 4. The summed E-state index contributed by atoms with van der Waals surface area (Å²) in [4.78, 5) is 10.9. The largest absolute Gasteiger partial charge is 0.460 e.